The maximum Gasteiger partial charge on any atom is 0.244 e. The zero-order chi connectivity index (χ0) is 11.4. The average molecular weight is 235 g/mol. The SMILES string of the molecule is Cc1ccc(CNc2cnnc(Cl)n2)cc1. The minimum Gasteiger partial charge on any atom is -0.365 e. The molecule has 5 heteroatoms. The molecule has 4 nitrogen and oxygen atoms in total. The van der Waals surface area contributed by atoms with Crippen molar-refractivity contribution in [3.63, 3.8) is 0 Å². The minimum atomic E-state index is 0.147. The second kappa shape index (κ2) is 4.90. The Labute approximate surface area is 98.7 Å². The molecule has 1 N–H and O–H groups in total. The molecule has 2 aromatic rings. The highest BCUT2D eigenvalue weighted by Crippen LogP contribution is 2.07. The molecule has 0 aliphatic carbocycles. The van der Waals surface area contributed by atoms with Crippen LogP contribution in [0.1, 0.15) is 11.1 Å². The summed E-state index contributed by atoms with van der Waals surface area (Å²) in [6, 6.07) is 8.28. The van der Waals surface area contributed by atoms with E-state index in [9.17, 15) is 0 Å². The van der Waals surface area contributed by atoms with Gasteiger partial charge in [-0.2, -0.15) is 10.1 Å². The molecule has 2 rings (SSSR count). The Morgan fingerprint density at radius 3 is 2.69 bits per heavy atom. The van der Waals surface area contributed by atoms with Gasteiger partial charge in [0.15, 0.2) is 0 Å². The van der Waals surface area contributed by atoms with E-state index in [0.717, 1.165) is 0 Å². The van der Waals surface area contributed by atoms with Gasteiger partial charge in [-0.15, -0.1) is 5.10 Å². The van der Waals surface area contributed by atoms with Gasteiger partial charge >= 0.3 is 0 Å². The van der Waals surface area contributed by atoms with E-state index in [4.69, 9.17) is 11.6 Å². The molecule has 0 fully saturated rings. The molecular formula is C11H11ClN4. The van der Waals surface area contributed by atoms with Crippen molar-refractivity contribution in [1.82, 2.24) is 15.2 Å². The molecule has 0 amide bonds. The van der Waals surface area contributed by atoms with Gasteiger partial charge in [0, 0.05) is 6.54 Å². The zero-order valence-electron chi connectivity index (χ0n) is 8.81. The van der Waals surface area contributed by atoms with E-state index in [1.54, 1.807) is 6.20 Å². The molecule has 0 spiro atoms. The lowest BCUT2D eigenvalue weighted by molar-refractivity contribution is 0.958. The first kappa shape index (κ1) is 10.8. The van der Waals surface area contributed by atoms with Crippen LogP contribution in [-0.2, 0) is 6.54 Å². The summed E-state index contributed by atoms with van der Waals surface area (Å²) in [5, 5.41) is 10.5. The molecule has 1 aromatic heterocycles. The molecule has 0 unspecified atom stereocenters. The molecule has 0 saturated heterocycles. The maximum atomic E-state index is 5.62. The topological polar surface area (TPSA) is 50.7 Å². The molecule has 0 aliphatic rings. The van der Waals surface area contributed by atoms with Gasteiger partial charge in [-0.1, -0.05) is 29.8 Å². The van der Waals surface area contributed by atoms with E-state index >= 15 is 0 Å². The highest BCUT2D eigenvalue weighted by Gasteiger charge is 1.97. The number of nitrogens with zero attached hydrogens (tertiary/aromatic N) is 3. The first-order valence-corrected chi connectivity index (χ1v) is 5.26. The van der Waals surface area contributed by atoms with Crippen LogP contribution >= 0.6 is 11.6 Å². The highest BCUT2D eigenvalue weighted by atomic mass is 35.5. The van der Waals surface area contributed by atoms with Gasteiger partial charge in [-0.25, -0.2) is 0 Å². The van der Waals surface area contributed by atoms with Crippen molar-refractivity contribution in [3.8, 4) is 0 Å². The predicted molar refractivity (Wildman–Crippen MR) is 63.3 cm³/mol. The van der Waals surface area contributed by atoms with Crippen molar-refractivity contribution in [2.45, 2.75) is 13.5 Å². The van der Waals surface area contributed by atoms with Gasteiger partial charge in [-0.3, -0.25) is 0 Å². The summed E-state index contributed by atoms with van der Waals surface area (Å²) in [6.07, 6.45) is 1.54. The fraction of sp³-hybridized carbons (Fsp3) is 0.182. The van der Waals surface area contributed by atoms with Crippen LogP contribution in [0, 0.1) is 6.92 Å². The van der Waals surface area contributed by atoms with Crippen molar-refractivity contribution < 1.29 is 0 Å². The smallest absolute Gasteiger partial charge is 0.244 e. The van der Waals surface area contributed by atoms with Crippen molar-refractivity contribution in [3.05, 3.63) is 46.9 Å². The second-order valence-electron chi connectivity index (χ2n) is 3.45. The van der Waals surface area contributed by atoms with Crippen molar-refractivity contribution in [1.29, 1.82) is 0 Å². The molecule has 0 atom stereocenters. The van der Waals surface area contributed by atoms with Crippen LogP contribution in [0.2, 0.25) is 5.28 Å². The minimum absolute atomic E-state index is 0.147. The lowest BCUT2D eigenvalue weighted by Crippen LogP contribution is -2.02. The first-order chi connectivity index (χ1) is 7.74. The summed E-state index contributed by atoms with van der Waals surface area (Å²) < 4.78 is 0. The highest BCUT2D eigenvalue weighted by molar-refractivity contribution is 6.28. The van der Waals surface area contributed by atoms with Crippen molar-refractivity contribution >= 4 is 17.4 Å². The summed E-state index contributed by atoms with van der Waals surface area (Å²) >= 11 is 5.62. The number of benzene rings is 1. The van der Waals surface area contributed by atoms with Crippen LogP contribution in [0.3, 0.4) is 0 Å². The van der Waals surface area contributed by atoms with Crippen molar-refractivity contribution in [2.75, 3.05) is 5.32 Å². The van der Waals surface area contributed by atoms with Gasteiger partial charge in [0.25, 0.3) is 0 Å². The number of halogens is 1. The second-order valence-corrected chi connectivity index (χ2v) is 3.79. The van der Waals surface area contributed by atoms with E-state index < -0.39 is 0 Å². The Hall–Kier alpha value is -1.68. The average Bonchev–Trinajstić information content (AvgIpc) is 2.28. The Kier molecular flexibility index (Phi) is 3.31. The number of hydrogen-bond donors (Lipinski definition) is 1. The van der Waals surface area contributed by atoms with Crippen LogP contribution in [0.25, 0.3) is 0 Å². The largest absolute Gasteiger partial charge is 0.365 e. The molecule has 0 radical (unpaired) electrons. The molecule has 0 bridgehead atoms. The quantitative estimate of drug-likeness (QED) is 0.886. The monoisotopic (exact) mass is 234 g/mol. The zero-order valence-corrected chi connectivity index (χ0v) is 9.57. The number of nitrogens with one attached hydrogen (secondary N) is 1. The molecule has 82 valence electrons. The number of rotatable bonds is 3. The molecule has 0 aliphatic heterocycles. The third-order valence-corrected chi connectivity index (χ3v) is 2.29. The molecule has 16 heavy (non-hydrogen) atoms. The molecule has 1 aromatic carbocycles. The number of aryl methyl sites for hydroxylation is 1. The van der Waals surface area contributed by atoms with E-state index in [0.29, 0.717) is 12.4 Å². The Balaban J connectivity index is 1.99. The van der Waals surface area contributed by atoms with E-state index in [1.165, 1.54) is 11.1 Å². The summed E-state index contributed by atoms with van der Waals surface area (Å²) in [6.45, 7) is 2.75. The molecule has 0 saturated carbocycles. The van der Waals surface area contributed by atoms with Gasteiger partial charge < -0.3 is 5.32 Å². The van der Waals surface area contributed by atoms with Crippen LogP contribution in [0.15, 0.2) is 30.5 Å². The Morgan fingerprint density at radius 2 is 2.00 bits per heavy atom. The Bertz CT molecular complexity index is 470. The number of aromatic nitrogens is 3. The predicted octanol–water partition coefficient (Wildman–Crippen LogP) is 2.45. The summed E-state index contributed by atoms with van der Waals surface area (Å²) in [5.41, 5.74) is 2.43. The van der Waals surface area contributed by atoms with E-state index in [1.807, 2.05) is 0 Å². The summed E-state index contributed by atoms with van der Waals surface area (Å²) in [5.74, 6) is 0.626. The Morgan fingerprint density at radius 1 is 1.25 bits per heavy atom. The number of anilines is 1. The van der Waals surface area contributed by atoms with Gasteiger partial charge in [-0.05, 0) is 24.1 Å². The summed E-state index contributed by atoms with van der Waals surface area (Å²) in [7, 11) is 0. The summed E-state index contributed by atoms with van der Waals surface area (Å²) in [4.78, 5) is 3.99. The third kappa shape index (κ3) is 2.90. The first-order valence-electron chi connectivity index (χ1n) is 4.89. The maximum absolute atomic E-state index is 5.62. The standard InChI is InChI=1S/C11H11ClN4/c1-8-2-4-9(5-3-8)6-13-10-7-14-16-11(12)15-10/h2-5,7H,6H2,1H3,(H,13,15,16). The number of hydrogen-bond acceptors (Lipinski definition) is 4. The van der Waals surface area contributed by atoms with Gasteiger partial charge in [0.1, 0.15) is 5.82 Å². The normalized spacial score (nSPS) is 10.1. The fourth-order valence-electron chi connectivity index (χ4n) is 1.27. The van der Waals surface area contributed by atoms with Gasteiger partial charge in [0.05, 0.1) is 6.20 Å². The van der Waals surface area contributed by atoms with Crippen LogP contribution in [0.5, 0.6) is 0 Å². The lowest BCUT2D eigenvalue weighted by atomic mass is 10.1. The lowest BCUT2D eigenvalue weighted by Gasteiger charge is -2.05. The third-order valence-electron chi connectivity index (χ3n) is 2.13. The van der Waals surface area contributed by atoms with Crippen LogP contribution in [0.4, 0.5) is 5.82 Å². The fourth-order valence-corrected chi connectivity index (χ4v) is 1.40. The van der Waals surface area contributed by atoms with E-state index in [-0.39, 0.29) is 5.28 Å². The van der Waals surface area contributed by atoms with Crippen LogP contribution in [-0.4, -0.2) is 15.2 Å². The molecular weight excluding hydrogens is 224 g/mol. The molecule has 1 heterocycles. The van der Waals surface area contributed by atoms with Crippen molar-refractivity contribution in [2.24, 2.45) is 0 Å². The van der Waals surface area contributed by atoms with E-state index in [2.05, 4.69) is 51.7 Å². The van der Waals surface area contributed by atoms with Gasteiger partial charge in [0.2, 0.25) is 5.28 Å². The van der Waals surface area contributed by atoms with Crippen LogP contribution < -0.4 is 5.32 Å².